The summed E-state index contributed by atoms with van der Waals surface area (Å²) in [7, 11) is 3.04. The van der Waals surface area contributed by atoms with Gasteiger partial charge in [0.15, 0.2) is 11.6 Å². The molecule has 11 heteroatoms. The second-order valence-corrected chi connectivity index (χ2v) is 9.30. The van der Waals surface area contributed by atoms with E-state index in [0.29, 0.717) is 35.4 Å². The number of hydrogen-bond donors (Lipinski definition) is 4. The van der Waals surface area contributed by atoms with Gasteiger partial charge in [-0.05, 0) is 26.0 Å². The summed E-state index contributed by atoms with van der Waals surface area (Å²) < 4.78 is 10.4. The third-order valence-electron chi connectivity index (χ3n) is 5.38. The summed E-state index contributed by atoms with van der Waals surface area (Å²) in [6, 6.07) is 3.50. The molecule has 0 aliphatic rings. The number of aromatic amines is 1. The smallest absolute Gasteiger partial charge is 0.248 e. The van der Waals surface area contributed by atoms with Crippen LogP contribution in [0.3, 0.4) is 0 Å². The number of amides is 1. The van der Waals surface area contributed by atoms with Crippen LogP contribution in [-0.2, 0) is 14.9 Å². The van der Waals surface area contributed by atoms with E-state index in [1.165, 1.54) is 7.11 Å². The number of ether oxygens (including phenoxy) is 2. The number of nitrogens with one attached hydrogen (secondary N) is 3. The van der Waals surface area contributed by atoms with Gasteiger partial charge in [-0.2, -0.15) is 0 Å². The second-order valence-electron chi connectivity index (χ2n) is 9.30. The maximum absolute atomic E-state index is 12.0. The molecule has 0 aromatic carbocycles. The van der Waals surface area contributed by atoms with Gasteiger partial charge in [0, 0.05) is 43.1 Å². The van der Waals surface area contributed by atoms with Crippen molar-refractivity contribution in [3.8, 4) is 28.4 Å². The zero-order valence-corrected chi connectivity index (χ0v) is 21.3. The number of carbonyl (C=O) groups excluding carboxylic acids is 1. The van der Waals surface area contributed by atoms with E-state index in [0.717, 1.165) is 17.1 Å². The lowest BCUT2D eigenvalue weighted by molar-refractivity contribution is -0.130. The van der Waals surface area contributed by atoms with Gasteiger partial charge >= 0.3 is 0 Å². The highest BCUT2D eigenvalue weighted by molar-refractivity contribution is 5.80. The molecule has 1 amide bonds. The van der Waals surface area contributed by atoms with Crippen molar-refractivity contribution >= 4 is 17.7 Å². The molecule has 0 bridgehead atoms. The molecule has 11 nitrogen and oxygen atoms in total. The van der Waals surface area contributed by atoms with Crippen molar-refractivity contribution in [3.05, 3.63) is 30.4 Å². The molecule has 0 aliphatic carbocycles. The second kappa shape index (κ2) is 10.7. The first-order valence-electron chi connectivity index (χ1n) is 11.3. The third kappa shape index (κ3) is 6.24. The number of nitrogens with zero attached hydrogens (tertiary/aromatic N) is 4. The minimum Gasteiger partial charge on any atom is -0.493 e. The highest BCUT2D eigenvalue weighted by Crippen LogP contribution is 2.34. The number of methoxy groups -OCH3 is 2. The molecule has 35 heavy (non-hydrogen) atoms. The van der Waals surface area contributed by atoms with Crippen molar-refractivity contribution in [2.24, 2.45) is 0 Å². The Balaban J connectivity index is 1.91. The SMILES string of the molecule is COc1cc(-c2nc(C(C)(C)C)[nH]c2-c2ccnc(N[C@@H](C)CNC(=O)[C@@H](C)OC)n2)cnc1N. The van der Waals surface area contributed by atoms with E-state index in [1.807, 2.05) is 13.0 Å². The highest BCUT2D eigenvalue weighted by atomic mass is 16.5. The molecule has 0 aliphatic heterocycles. The van der Waals surface area contributed by atoms with Crippen molar-refractivity contribution in [1.29, 1.82) is 0 Å². The van der Waals surface area contributed by atoms with Gasteiger partial charge in [-0.25, -0.2) is 19.9 Å². The van der Waals surface area contributed by atoms with Gasteiger partial charge in [0.25, 0.3) is 0 Å². The molecule has 188 valence electrons. The van der Waals surface area contributed by atoms with Gasteiger partial charge in [0.05, 0.1) is 24.2 Å². The zero-order valence-electron chi connectivity index (χ0n) is 21.3. The molecular formula is C24H34N8O3. The maximum atomic E-state index is 12.0. The van der Waals surface area contributed by atoms with Crippen LogP contribution in [-0.4, -0.2) is 63.7 Å². The van der Waals surface area contributed by atoms with Crippen LogP contribution in [0.4, 0.5) is 11.8 Å². The molecule has 3 aromatic rings. The van der Waals surface area contributed by atoms with Crippen molar-refractivity contribution in [3.63, 3.8) is 0 Å². The number of anilines is 2. The van der Waals surface area contributed by atoms with Crippen LogP contribution in [0.15, 0.2) is 24.5 Å². The first-order chi connectivity index (χ1) is 16.5. The van der Waals surface area contributed by atoms with Gasteiger partial charge in [-0.15, -0.1) is 0 Å². The van der Waals surface area contributed by atoms with Crippen LogP contribution in [0.2, 0.25) is 0 Å². The average Bonchev–Trinajstić information content (AvgIpc) is 3.29. The molecule has 3 rings (SSSR count). The number of H-pyrrole nitrogens is 1. The molecule has 0 spiro atoms. The molecule has 0 saturated heterocycles. The normalized spacial score (nSPS) is 13.2. The number of imidazole rings is 1. The minimum absolute atomic E-state index is 0.116. The zero-order chi connectivity index (χ0) is 25.8. The summed E-state index contributed by atoms with van der Waals surface area (Å²) >= 11 is 0. The number of carbonyl (C=O) groups is 1. The number of aromatic nitrogens is 5. The standard InChI is InChI=1S/C24H34N8O3/c1-13(11-28-21(33)14(2)34-6)29-23-26-9-8-16(30-23)19-18(31-22(32-19)24(3,4)5)15-10-17(35-7)20(25)27-12-15/h8-10,12-14H,11H2,1-7H3,(H2,25,27)(H,28,33)(H,31,32)(H,26,29,30)/t13-,14+/m0/s1. The lowest BCUT2D eigenvalue weighted by Gasteiger charge is -2.16. The summed E-state index contributed by atoms with van der Waals surface area (Å²) in [6.45, 7) is 10.2. The lowest BCUT2D eigenvalue weighted by atomic mass is 9.96. The van der Waals surface area contributed by atoms with E-state index in [1.54, 1.807) is 32.5 Å². The summed E-state index contributed by atoms with van der Waals surface area (Å²) in [4.78, 5) is 33.5. The van der Waals surface area contributed by atoms with Crippen LogP contribution >= 0.6 is 0 Å². The van der Waals surface area contributed by atoms with Crippen LogP contribution in [0.1, 0.15) is 40.4 Å². The molecule has 0 unspecified atom stereocenters. The van der Waals surface area contributed by atoms with E-state index in [4.69, 9.17) is 25.2 Å². The lowest BCUT2D eigenvalue weighted by Crippen LogP contribution is -2.40. The maximum Gasteiger partial charge on any atom is 0.248 e. The molecular weight excluding hydrogens is 448 g/mol. The molecule has 3 aromatic heterocycles. The molecule has 0 saturated carbocycles. The fourth-order valence-corrected chi connectivity index (χ4v) is 3.21. The summed E-state index contributed by atoms with van der Waals surface area (Å²) in [5.74, 6) is 1.82. The Bertz CT molecular complexity index is 1170. The van der Waals surface area contributed by atoms with Gasteiger partial charge in [0.2, 0.25) is 11.9 Å². The summed E-state index contributed by atoms with van der Waals surface area (Å²) in [6.07, 6.45) is 2.82. The fraction of sp³-hybridized carbons (Fsp3) is 0.458. The first kappa shape index (κ1) is 25.9. The van der Waals surface area contributed by atoms with Crippen molar-refractivity contribution < 1.29 is 14.3 Å². The predicted octanol–water partition coefficient (Wildman–Crippen LogP) is 2.77. The molecule has 2 atom stereocenters. The first-order valence-corrected chi connectivity index (χ1v) is 11.3. The largest absolute Gasteiger partial charge is 0.493 e. The van der Waals surface area contributed by atoms with E-state index < -0.39 is 6.10 Å². The average molecular weight is 483 g/mol. The molecule has 3 heterocycles. The van der Waals surface area contributed by atoms with E-state index in [-0.39, 0.29) is 17.4 Å². The Hall–Kier alpha value is -3.73. The summed E-state index contributed by atoms with van der Waals surface area (Å²) in [5, 5.41) is 6.06. The van der Waals surface area contributed by atoms with E-state index in [9.17, 15) is 4.79 Å². The Morgan fingerprint density at radius 1 is 1.20 bits per heavy atom. The highest BCUT2D eigenvalue weighted by Gasteiger charge is 2.24. The molecule has 5 N–H and O–H groups in total. The number of rotatable bonds is 9. The molecule has 0 radical (unpaired) electrons. The van der Waals surface area contributed by atoms with Crippen molar-refractivity contribution in [1.82, 2.24) is 30.2 Å². The van der Waals surface area contributed by atoms with Crippen LogP contribution in [0.5, 0.6) is 5.75 Å². The van der Waals surface area contributed by atoms with Crippen molar-refractivity contribution in [2.75, 3.05) is 31.8 Å². The Labute approximate surface area is 205 Å². The van der Waals surface area contributed by atoms with Crippen LogP contribution in [0, 0.1) is 0 Å². The van der Waals surface area contributed by atoms with Gasteiger partial charge in [-0.1, -0.05) is 20.8 Å². The number of nitrogens with two attached hydrogens (primary N) is 1. The fourth-order valence-electron chi connectivity index (χ4n) is 3.21. The van der Waals surface area contributed by atoms with Gasteiger partial charge in [0.1, 0.15) is 11.9 Å². The molecule has 0 fully saturated rings. The monoisotopic (exact) mass is 482 g/mol. The van der Waals surface area contributed by atoms with Gasteiger partial charge < -0.3 is 30.8 Å². The topological polar surface area (TPSA) is 153 Å². The summed E-state index contributed by atoms with van der Waals surface area (Å²) in [5.41, 5.74) is 8.49. The van der Waals surface area contributed by atoms with Crippen molar-refractivity contribution in [2.45, 2.75) is 52.2 Å². The van der Waals surface area contributed by atoms with Gasteiger partial charge in [-0.3, -0.25) is 4.79 Å². The quantitative estimate of drug-likeness (QED) is 0.360. The van der Waals surface area contributed by atoms with E-state index in [2.05, 4.69) is 46.4 Å². The van der Waals surface area contributed by atoms with E-state index >= 15 is 0 Å². The third-order valence-corrected chi connectivity index (χ3v) is 5.38. The number of hydrogen-bond acceptors (Lipinski definition) is 9. The van der Waals surface area contributed by atoms with Crippen LogP contribution in [0.25, 0.3) is 22.6 Å². The van der Waals surface area contributed by atoms with Crippen LogP contribution < -0.4 is 21.1 Å². The minimum atomic E-state index is -0.515. The Kier molecular flexibility index (Phi) is 7.90. The number of nitrogen functional groups attached to an aromatic ring is 1. The Morgan fingerprint density at radius 3 is 2.60 bits per heavy atom. The number of pyridine rings is 1. The Morgan fingerprint density at radius 2 is 1.94 bits per heavy atom. The predicted molar refractivity (Wildman–Crippen MR) is 135 cm³/mol.